The van der Waals surface area contributed by atoms with Crippen LogP contribution >= 0.6 is 0 Å². The van der Waals surface area contributed by atoms with Gasteiger partial charge < -0.3 is 24.6 Å². The number of anilines is 1. The van der Waals surface area contributed by atoms with Gasteiger partial charge in [-0.25, -0.2) is 0 Å². The summed E-state index contributed by atoms with van der Waals surface area (Å²) < 4.78 is 10.6. The van der Waals surface area contributed by atoms with Gasteiger partial charge in [0, 0.05) is 37.9 Å². The molecule has 0 unspecified atom stereocenters. The Hall–Kier alpha value is -3.22. The number of ether oxygens (including phenoxy) is 2. The number of fused-ring (bicyclic) bond motifs is 1. The summed E-state index contributed by atoms with van der Waals surface area (Å²) in [6.45, 7) is 2.71. The fourth-order valence-corrected chi connectivity index (χ4v) is 3.86. The predicted octanol–water partition coefficient (Wildman–Crippen LogP) is 2.79. The van der Waals surface area contributed by atoms with Crippen molar-refractivity contribution < 1.29 is 19.1 Å². The van der Waals surface area contributed by atoms with Gasteiger partial charge in [0.1, 0.15) is 0 Å². The average molecular weight is 409 g/mol. The minimum atomic E-state index is -0.316. The molecule has 1 saturated heterocycles. The fourth-order valence-electron chi connectivity index (χ4n) is 3.86. The normalized spacial score (nSPS) is 15.0. The van der Waals surface area contributed by atoms with Crippen LogP contribution in [-0.2, 0) is 11.3 Å². The Kier molecular flexibility index (Phi) is 6.07. The molecule has 158 valence electrons. The standard InChI is InChI=1S/C23H27N3O4/c1-25(15-18-7-3-4-8-19(18)26-11-5-2-6-12-26)22(27)14-24-23(28)17-9-10-20-21(13-17)30-16-29-20/h3-4,7-10,13H,2,5-6,11-12,14-16H2,1H3,(H,24,28). The number of para-hydroxylation sites is 1. The van der Waals surface area contributed by atoms with Crippen LogP contribution in [-0.4, -0.2) is 50.2 Å². The van der Waals surface area contributed by atoms with Crippen LogP contribution in [0.2, 0.25) is 0 Å². The molecule has 2 aliphatic rings. The number of carbonyl (C=O) groups excluding carboxylic acids is 2. The summed E-state index contributed by atoms with van der Waals surface area (Å²) in [5.41, 5.74) is 2.75. The zero-order chi connectivity index (χ0) is 20.9. The van der Waals surface area contributed by atoms with E-state index in [2.05, 4.69) is 22.3 Å². The van der Waals surface area contributed by atoms with Crippen LogP contribution in [0.25, 0.3) is 0 Å². The fraction of sp³-hybridized carbons (Fsp3) is 0.391. The Morgan fingerprint density at radius 3 is 2.63 bits per heavy atom. The number of amides is 2. The quantitative estimate of drug-likeness (QED) is 0.795. The molecule has 0 aromatic heterocycles. The van der Waals surface area contributed by atoms with Gasteiger partial charge in [-0.3, -0.25) is 9.59 Å². The smallest absolute Gasteiger partial charge is 0.251 e. The van der Waals surface area contributed by atoms with Gasteiger partial charge in [0.05, 0.1) is 6.54 Å². The Labute approximate surface area is 176 Å². The third kappa shape index (κ3) is 4.50. The van der Waals surface area contributed by atoms with Crippen LogP contribution in [0.5, 0.6) is 11.5 Å². The van der Waals surface area contributed by atoms with E-state index in [1.807, 2.05) is 12.1 Å². The molecule has 2 aromatic carbocycles. The number of nitrogens with one attached hydrogen (secondary N) is 1. The average Bonchev–Trinajstić information content (AvgIpc) is 3.26. The van der Waals surface area contributed by atoms with E-state index >= 15 is 0 Å². The van der Waals surface area contributed by atoms with Gasteiger partial charge in [0.2, 0.25) is 12.7 Å². The van der Waals surface area contributed by atoms with Crippen molar-refractivity contribution in [2.75, 3.05) is 38.4 Å². The molecular formula is C23H27N3O4. The molecule has 2 amide bonds. The molecule has 30 heavy (non-hydrogen) atoms. The number of carbonyl (C=O) groups is 2. The molecular weight excluding hydrogens is 382 g/mol. The Morgan fingerprint density at radius 1 is 1.03 bits per heavy atom. The first-order chi connectivity index (χ1) is 14.6. The van der Waals surface area contributed by atoms with Crippen LogP contribution < -0.4 is 19.7 Å². The van der Waals surface area contributed by atoms with E-state index in [9.17, 15) is 9.59 Å². The van der Waals surface area contributed by atoms with Crippen molar-refractivity contribution in [2.45, 2.75) is 25.8 Å². The zero-order valence-corrected chi connectivity index (χ0v) is 17.2. The number of hydrogen-bond acceptors (Lipinski definition) is 5. The van der Waals surface area contributed by atoms with Crippen LogP contribution in [0, 0.1) is 0 Å². The molecule has 4 rings (SSSR count). The summed E-state index contributed by atoms with van der Waals surface area (Å²) in [6.07, 6.45) is 3.68. The van der Waals surface area contributed by atoms with Crippen molar-refractivity contribution in [2.24, 2.45) is 0 Å². The van der Waals surface area contributed by atoms with Crippen molar-refractivity contribution in [1.29, 1.82) is 0 Å². The molecule has 2 aliphatic heterocycles. The highest BCUT2D eigenvalue weighted by Crippen LogP contribution is 2.32. The second-order valence-corrected chi connectivity index (χ2v) is 7.68. The summed E-state index contributed by atoms with van der Waals surface area (Å²) in [7, 11) is 1.77. The number of likely N-dealkylation sites (N-methyl/N-ethyl adjacent to an activating group) is 1. The highest BCUT2D eigenvalue weighted by molar-refractivity contribution is 5.97. The van der Waals surface area contributed by atoms with Gasteiger partial charge in [-0.15, -0.1) is 0 Å². The van der Waals surface area contributed by atoms with E-state index in [0.29, 0.717) is 23.6 Å². The Morgan fingerprint density at radius 2 is 1.80 bits per heavy atom. The summed E-state index contributed by atoms with van der Waals surface area (Å²) in [5.74, 6) is 0.705. The van der Waals surface area contributed by atoms with Gasteiger partial charge >= 0.3 is 0 Å². The van der Waals surface area contributed by atoms with Crippen LogP contribution in [0.4, 0.5) is 5.69 Å². The van der Waals surface area contributed by atoms with E-state index in [1.165, 1.54) is 24.9 Å². The molecule has 2 aromatic rings. The van der Waals surface area contributed by atoms with E-state index in [0.717, 1.165) is 18.7 Å². The molecule has 7 heteroatoms. The lowest BCUT2D eigenvalue weighted by molar-refractivity contribution is -0.129. The Balaban J connectivity index is 1.34. The molecule has 0 aliphatic carbocycles. The van der Waals surface area contributed by atoms with Crippen molar-refractivity contribution in [1.82, 2.24) is 10.2 Å². The van der Waals surface area contributed by atoms with Crippen LogP contribution in [0.15, 0.2) is 42.5 Å². The monoisotopic (exact) mass is 409 g/mol. The summed E-state index contributed by atoms with van der Waals surface area (Å²) in [5, 5.41) is 2.70. The topological polar surface area (TPSA) is 71.1 Å². The first kappa shape index (κ1) is 20.1. The van der Waals surface area contributed by atoms with Crippen LogP contribution in [0.1, 0.15) is 35.2 Å². The molecule has 1 N–H and O–H groups in total. The highest BCUT2D eigenvalue weighted by Gasteiger charge is 2.19. The van der Waals surface area contributed by atoms with Crippen molar-refractivity contribution in [3.05, 3.63) is 53.6 Å². The Bertz CT molecular complexity index is 924. The van der Waals surface area contributed by atoms with Crippen molar-refractivity contribution >= 4 is 17.5 Å². The number of hydrogen-bond donors (Lipinski definition) is 1. The SMILES string of the molecule is CN(Cc1ccccc1N1CCCCC1)C(=O)CNC(=O)c1ccc2c(c1)OCO2. The molecule has 7 nitrogen and oxygen atoms in total. The molecule has 0 bridgehead atoms. The molecule has 0 atom stereocenters. The third-order valence-corrected chi connectivity index (χ3v) is 5.56. The number of benzene rings is 2. The number of nitrogens with zero attached hydrogens (tertiary/aromatic N) is 2. The maximum Gasteiger partial charge on any atom is 0.251 e. The van der Waals surface area contributed by atoms with Crippen molar-refractivity contribution in [3.8, 4) is 11.5 Å². The first-order valence-corrected chi connectivity index (χ1v) is 10.4. The van der Waals surface area contributed by atoms with Gasteiger partial charge in [-0.05, 0) is 49.1 Å². The molecule has 0 radical (unpaired) electrons. The minimum absolute atomic E-state index is 0.0599. The van der Waals surface area contributed by atoms with Crippen molar-refractivity contribution in [3.63, 3.8) is 0 Å². The summed E-state index contributed by atoms with van der Waals surface area (Å²) in [4.78, 5) is 29.1. The maximum absolute atomic E-state index is 12.6. The molecule has 0 saturated carbocycles. The second-order valence-electron chi connectivity index (χ2n) is 7.68. The van der Waals surface area contributed by atoms with Gasteiger partial charge in [0.15, 0.2) is 11.5 Å². The highest BCUT2D eigenvalue weighted by atomic mass is 16.7. The summed E-state index contributed by atoms with van der Waals surface area (Å²) in [6, 6.07) is 13.2. The van der Waals surface area contributed by atoms with E-state index < -0.39 is 0 Å². The predicted molar refractivity (Wildman–Crippen MR) is 114 cm³/mol. The lowest BCUT2D eigenvalue weighted by Crippen LogP contribution is -2.38. The van der Waals surface area contributed by atoms with E-state index in [4.69, 9.17) is 9.47 Å². The number of piperidine rings is 1. The first-order valence-electron chi connectivity index (χ1n) is 10.4. The van der Waals surface area contributed by atoms with E-state index in [-0.39, 0.29) is 25.2 Å². The van der Waals surface area contributed by atoms with Gasteiger partial charge in [0.25, 0.3) is 5.91 Å². The van der Waals surface area contributed by atoms with Gasteiger partial charge in [-0.1, -0.05) is 18.2 Å². The third-order valence-electron chi connectivity index (χ3n) is 5.56. The largest absolute Gasteiger partial charge is 0.454 e. The second kappa shape index (κ2) is 9.07. The maximum atomic E-state index is 12.6. The zero-order valence-electron chi connectivity index (χ0n) is 17.2. The molecule has 1 fully saturated rings. The minimum Gasteiger partial charge on any atom is -0.454 e. The lowest BCUT2D eigenvalue weighted by Gasteiger charge is -2.31. The van der Waals surface area contributed by atoms with Gasteiger partial charge in [-0.2, -0.15) is 0 Å². The van der Waals surface area contributed by atoms with Crippen LogP contribution in [0.3, 0.4) is 0 Å². The molecule has 0 spiro atoms. The summed E-state index contributed by atoms with van der Waals surface area (Å²) >= 11 is 0. The van der Waals surface area contributed by atoms with E-state index in [1.54, 1.807) is 30.1 Å². The lowest BCUT2D eigenvalue weighted by atomic mass is 10.1. The number of rotatable bonds is 6. The molecule has 2 heterocycles.